The van der Waals surface area contributed by atoms with E-state index in [4.69, 9.17) is 5.11 Å². The molecular weight excluding hydrogens is 319 g/mol. The molecule has 24 heavy (non-hydrogen) atoms. The third kappa shape index (κ3) is 3.58. The van der Waals surface area contributed by atoms with E-state index in [1.54, 1.807) is 24.3 Å². The fourth-order valence-electron chi connectivity index (χ4n) is 2.54. The predicted octanol–water partition coefficient (Wildman–Crippen LogP) is 0.529. The number of amides is 2. The Morgan fingerprint density at radius 3 is 2.58 bits per heavy atom. The van der Waals surface area contributed by atoms with Gasteiger partial charge in [-0.15, -0.1) is 0 Å². The average molecular weight is 336 g/mol. The predicted molar refractivity (Wildman–Crippen MR) is 80.9 cm³/mol. The van der Waals surface area contributed by atoms with Crippen molar-refractivity contribution in [3.05, 3.63) is 35.4 Å². The van der Waals surface area contributed by atoms with Gasteiger partial charge >= 0.3 is 5.97 Å². The first kappa shape index (κ1) is 17.6. The number of fused-ring (bicyclic) bond motifs is 1. The minimum atomic E-state index is -1.46. The van der Waals surface area contributed by atoms with Gasteiger partial charge in [-0.1, -0.05) is 18.2 Å². The van der Waals surface area contributed by atoms with Gasteiger partial charge in [0.05, 0.1) is 6.42 Å². The van der Waals surface area contributed by atoms with E-state index in [1.165, 1.54) is 11.8 Å². The fourth-order valence-corrected chi connectivity index (χ4v) is 2.54. The highest BCUT2D eigenvalue weighted by molar-refractivity contribution is 6.01. The Kier molecular flexibility index (Phi) is 5.28. The molecule has 1 aromatic rings. The molecule has 0 saturated carbocycles. The molecule has 1 unspecified atom stereocenters. The molecule has 0 bridgehead atoms. The number of halogens is 1. The zero-order valence-corrected chi connectivity index (χ0v) is 13.0. The minimum absolute atomic E-state index is 0.240. The Labute approximate surface area is 137 Å². The summed E-state index contributed by atoms with van der Waals surface area (Å²) in [5.41, 5.74) is 1.28. The molecule has 8 heteroatoms. The number of aliphatic carboxylic acids is 1. The monoisotopic (exact) mass is 336 g/mol. The molecule has 128 valence electrons. The summed E-state index contributed by atoms with van der Waals surface area (Å²) < 4.78 is 12.5. The second-order valence-corrected chi connectivity index (χ2v) is 5.53. The van der Waals surface area contributed by atoms with E-state index in [1.807, 2.05) is 0 Å². The lowest BCUT2D eigenvalue weighted by Crippen LogP contribution is -2.51. The number of benzene rings is 1. The number of hydrogen-bond donors (Lipinski definition) is 2. The largest absolute Gasteiger partial charge is 0.481 e. The molecule has 0 aliphatic carbocycles. The van der Waals surface area contributed by atoms with Gasteiger partial charge in [0.15, 0.2) is 5.78 Å². The standard InChI is InChI=1S/C16H17FN2O5/c1-9(15(23)18-12(6-14(21)22)13(20)7-17)19-8-10-4-2-3-5-11(10)16(19)24/h2-5,9,12H,6-8H2,1H3,(H,18,23)(H,21,22)/t9-,12?/m0/s1. The third-order valence-electron chi connectivity index (χ3n) is 3.91. The van der Waals surface area contributed by atoms with Crippen LogP contribution in [0.2, 0.25) is 0 Å². The van der Waals surface area contributed by atoms with Crippen LogP contribution >= 0.6 is 0 Å². The number of hydrogen-bond acceptors (Lipinski definition) is 4. The molecule has 1 heterocycles. The van der Waals surface area contributed by atoms with E-state index >= 15 is 0 Å². The second kappa shape index (κ2) is 7.20. The number of alkyl halides is 1. The Morgan fingerprint density at radius 2 is 2.00 bits per heavy atom. The van der Waals surface area contributed by atoms with Crippen molar-refractivity contribution in [1.29, 1.82) is 0 Å². The van der Waals surface area contributed by atoms with Gasteiger partial charge in [-0.05, 0) is 18.6 Å². The average Bonchev–Trinajstić information content (AvgIpc) is 2.89. The minimum Gasteiger partial charge on any atom is -0.481 e. The van der Waals surface area contributed by atoms with Crippen LogP contribution in [0, 0.1) is 0 Å². The molecule has 0 fully saturated rings. The molecule has 1 aliphatic rings. The topological polar surface area (TPSA) is 104 Å². The molecule has 0 saturated heterocycles. The molecule has 7 nitrogen and oxygen atoms in total. The van der Waals surface area contributed by atoms with E-state index in [-0.39, 0.29) is 12.5 Å². The third-order valence-corrected chi connectivity index (χ3v) is 3.91. The van der Waals surface area contributed by atoms with Gasteiger partial charge in [0.25, 0.3) is 5.91 Å². The molecule has 2 amide bonds. The van der Waals surface area contributed by atoms with E-state index in [2.05, 4.69) is 5.32 Å². The van der Waals surface area contributed by atoms with Gasteiger partial charge in [-0.3, -0.25) is 19.2 Å². The van der Waals surface area contributed by atoms with Crippen molar-refractivity contribution in [2.75, 3.05) is 6.67 Å². The highest BCUT2D eigenvalue weighted by atomic mass is 19.1. The van der Waals surface area contributed by atoms with Crippen molar-refractivity contribution in [2.45, 2.75) is 32.0 Å². The van der Waals surface area contributed by atoms with Gasteiger partial charge in [0.1, 0.15) is 18.8 Å². The van der Waals surface area contributed by atoms with Crippen LogP contribution < -0.4 is 5.32 Å². The number of carboxylic acid groups (broad SMARTS) is 1. The molecular formula is C16H17FN2O5. The van der Waals surface area contributed by atoms with E-state index in [9.17, 15) is 23.6 Å². The summed E-state index contributed by atoms with van der Waals surface area (Å²) in [6, 6.07) is 4.55. The van der Waals surface area contributed by atoms with Gasteiger partial charge in [0.2, 0.25) is 5.91 Å². The SMILES string of the molecule is C[C@@H](C(=O)NC(CC(=O)O)C(=O)CF)N1Cc2ccccc2C1=O. The molecule has 0 aromatic heterocycles. The van der Waals surface area contributed by atoms with Crippen LogP contribution in [0.25, 0.3) is 0 Å². The molecule has 1 aliphatic heterocycles. The molecule has 2 atom stereocenters. The van der Waals surface area contributed by atoms with Crippen molar-refractivity contribution >= 4 is 23.6 Å². The number of rotatable bonds is 7. The Balaban J connectivity index is 2.08. The van der Waals surface area contributed by atoms with E-state index < -0.39 is 42.8 Å². The Morgan fingerprint density at radius 1 is 1.33 bits per heavy atom. The van der Waals surface area contributed by atoms with Crippen molar-refractivity contribution in [3.8, 4) is 0 Å². The summed E-state index contributed by atoms with van der Waals surface area (Å²) in [6.07, 6.45) is -0.713. The van der Waals surface area contributed by atoms with Crippen molar-refractivity contribution in [1.82, 2.24) is 10.2 Å². The molecule has 2 rings (SSSR count). The maximum Gasteiger partial charge on any atom is 0.305 e. The van der Waals surface area contributed by atoms with Crippen LogP contribution in [0.15, 0.2) is 24.3 Å². The van der Waals surface area contributed by atoms with Crippen LogP contribution in [0.1, 0.15) is 29.3 Å². The number of carbonyl (C=O) groups is 4. The summed E-state index contributed by atoms with van der Waals surface area (Å²) in [5, 5.41) is 11.0. The first-order valence-electron chi connectivity index (χ1n) is 7.35. The maximum absolute atomic E-state index is 12.5. The number of carbonyl (C=O) groups excluding carboxylic acids is 3. The van der Waals surface area contributed by atoms with Crippen LogP contribution in [-0.4, -0.2) is 52.3 Å². The summed E-state index contributed by atoms with van der Waals surface area (Å²) in [5.74, 6) is -3.38. The van der Waals surface area contributed by atoms with E-state index in [0.717, 1.165) is 5.56 Å². The van der Waals surface area contributed by atoms with Gasteiger partial charge in [0, 0.05) is 12.1 Å². The van der Waals surface area contributed by atoms with Gasteiger partial charge in [-0.2, -0.15) is 0 Å². The quantitative estimate of drug-likeness (QED) is 0.756. The first-order valence-corrected chi connectivity index (χ1v) is 7.35. The lowest BCUT2D eigenvalue weighted by atomic mass is 10.1. The fraction of sp³-hybridized carbons (Fsp3) is 0.375. The highest BCUT2D eigenvalue weighted by Crippen LogP contribution is 2.24. The number of Topliss-reactive ketones (excluding diaryl/α,β-unsaturated/α-hetero) is 1. The first-order chi connectivity index (χ1) is 11.3. The Hall–Kier alpha value is -2.77. The molecule has 0 radical (unpaired) electrons. The lowest BCUT2D eigenvalue weighted by molar-refractivity contribution is -0.140. The van der Waals surface area contributed by atoms with Crippen molar-refractivity contribution < 1.29 is 28.7 Å². The molecule has 2 N–H and O–H groups in total. The van der Waals surface area contributed by atoms with Crippen LogP contribution in [0.5, 0.6) is 0 Å². The summed E-state index contributed by atoms with van der Waals surface area (Å²) in [4.78, 5) is 48.1. The summed E-state index contributed by atoms with van der Waals surface area (Å²) >= 11 is 0. The molecule has 0 spiro atoms. The zero-order chi connectivity index (χ0) is 17.9. The zero-order valence-electron chi connectivity index (χ0n) is 13.0. The van der Waals surface area contributed by atoms with Crippen LogP contribution in [-0.2, 0) is 20.9 Å². The van der Waals surface area contributed by atoms with Crippen molar-refractivity contribution in [3.63, 3.8) is 0 Å². The summed E-state index contributed by atoms with van der Waals surface area (Å²) in [7, 11) is 0. The maximum atomic E-state index is 12.5. The normalized spacial score (nSPS) is 15.6. The second-order valence-electron chi connectivity index (χ2n) is 5.53. The number of carboxylic acids is 1. The van der Waals surface area contributed by atoms with Gasteiger partial charge < -0.3 is 15.3 Å². The number of nitrogens with one attached hydrogen (secondary N) is 1. The van der Waals surface area contributed by atoms with E-state index in [0.29, 0.717) is 5.56 Å². The van der Waals surface area contributed by atoms with Crippen molar-refractivity contribution in [2.24, 2.45) is 0 Å². The number of ketones is 1. The summed E-state index contributed by atoms with van der Waals surface area (Å²) in [6.45, 7) is 0.335. The van der Waals surface area contributed by atoms with Crippen LogP contribution in [0.3, 0.4) is 0 Å². The smallest absolute Gasteiger partial charge is 0.305 e. The lowest BCUT2D eigenvalue weighted by Gasteiger charge is -2.25. The molecule has 1 aromatic carbocycles. The van der Waals surface area contributed by atoms with Gasteiger partial charge in [-0.25, -0.2) is 4.39 Å². The highest BCUT2D eigenvalue weighted by Gasteiger charge is 2.35. The van der Waals surface area contributed by atoms with Crippen LogP contribution in [0.4, 0.5) is 4.39 Å². The number of nitrogens with zero attached hydrogens (tertiary/aromatic N) is 1. The Bertz CT molecular complexity index is 691.